The summed E-state index contributed by atoms with van der Waals surface area (Å²) >= 11 is 4.70. The first-order valence-electron chi connectivity index (χ1n) is 9.63. The first kappa shape index (κ1) is 21.3. The van der Waals surface area contributed by atoms with Crippen LogP contribution in [0.25, 0.3) is 15.9 Å². The maximum absolute atomic E-state index is 13.4. The van der Waals surface area contributed by atoms with Crippen LogP contribution < -0.4 is 16.6 Å². The lowest BCUT2D eigenvalue weighted by Gasteiger charge is -2.14. The van der Waals surface area contributed by atoms with Crippen LogP contribution in [0.15, 0.2) is 61.9 Å². The summed E-state index contributed by atoms with van der Waals surface area (Å²) in [6, 6.07) is 12.7. The number of aryl methyl sites for hydroxylation is 3. The fourth-order valence-corrected chi connectivity index (χ4v) is 4.65. The highest BCUT2D eigenvalue weighted by atomic mass is 79.9. The first-order valence-corrected chi connectivity index (χ1v) is 11.3. The van der Waals surface area contributed by atoms with Gasteiger partial charge in [-0.2, -0.15) is 0 Å². The molecule has 1 amide bonds. The molecule has 0 unspecified atom stereocenters. The Hall–Kier alpha value is -2.97. The largest absolute Gasteiger partial charge is 0.336 e. The fourth-order valence-electron chi connectivity index (χ4n) is 3.58. The van der Waals surface area contributed by atoms with Gasteiger partial charge in [0.25, 0.3) is 5.56 Å². The molecule has 2 heterocycles. The highest BCUT2D eigenvalue weighted by molar-refractivity contribution is 9.10. The van der Waals surface area contributed by atoms with Crippen LogP contribution in [0.3, 0.4) is 0 Å². The van der Waals surface area contributed by atoms with Gasteiger partial charge in [0.1, 0.15) is 11.2 Å². The van der Waals surface area contributed by atoms with Gasteiger partial charge in [0.2, 0.25) is 5.91 Å². The van der Waals surface area contributed by atoms with Gasteiger partial charge in [-0.05, 0) is 67.6 Å². The number of carbonyl (C=O) groups excluding carboxylic acids is 1. The second-order valence-electron chi connectivity index (χ2n) is 7.45. The molecule has 4 rings (SSSR count). The Morgan fingerprint density at radius 3 is 2.52 bits per heavy atom. The van der Waals surface area contributed by atoms with Crippen molar-refractivity contribution in [2.24, 2.45) is 0 Å². The third-order valence-corrected chi connectivity index (χ3v) is 6.87. The molecule has 0 aliphatic heterocycles. The highest BCUT2D eigenvalue weighted by Gasteiger charge is 2.18. The van der Waals surface area contributed by atoms with Crippen molar-refractivity contribution in [2.45, 2.75) is 27.3 Å². The zero-order valence-electron chi connectivity index (χ0n) is 17.2. The molecule has 31 heavy (non-hydrogen) atoms. The minimum absolute atomic E-state index is 0.202. The van der Waals surface area contributed by atoms with Crippen LogP contribution >= 0.6 is 27.3 Å². The quantitative estimate of drug-likeness (QED) is 0.449. The summed E-state index contributed by atoms with van der Waals surface area (Å²) in [5, 5.41) is 4.59. The van der Waals surface area contributed by atoms with E-state index in [2.05, 4.69) is 21.2 Å². The zero-order valence-corrected chi connectivity index (χ0v) is 19.6. The Bertz CT molecular complexity index is 1450. The summed E-state index contributed by atoms with van der Waals surface area (Å²) in [4.78, 5) is 39.2. The van der Waals surface area contributed by atoms with Gasteiger partial charge >= 0.3 is 5.69 Å². The predicted octanol–water partition coefficient (Wildman–Crippen LogP) is 4.54. The lowest BCUT2D eigenvalue weighted by molar-refractivity contribution is -0.116. The number of nitrogens with zero attached hydrogens (tertiary/aromatic N) is 2. The first-order chi connectivity index (χ1) is 14.8. The molecule has 0 fully saturated rings. The van der Waals surface area contributed by atoms with E-state index in [0.29, 0.717) is 21.6 Å². The molecule has 0 radical (unpaired) electrons. The van der Waals surface area contributed by atoms with E-state index in [1.165, 1.54) is 15.9 Å². The molecule has 158 valence electrons. The number of hydrogen-bond acceptors (Lipinski definition) is 4. The molecule has 0 saturated carbocycles. The Balaban J connectivity index is 1.80. The normalized spacial score (nSPS) is 11.1. The minimum atomic E-state index is -0.537. The van der Waals surface area contributed by atoms with Gasteiger partial charge in [-0.15, -0.1) is 11.3 Å². The van der Waals surface area contributed by atoms with Crippen LogP contribution in [0, 0.1) is 20.8 Å². The van der Waals surface area contributed by atoms with Crippen LogP contribution in [0.1, 0.15) is 16.7 Å². The topological polar surface area (TPSA) is 73.1 Å². The molecule has 0 atom stereocenters. The lowest BCUT2D eigenvalue weighted by Crippen LogP contribution is -2.40. The Morgan fingerprint density at radius 2 is 1.81 bits per heavy atom. The monoisotopic (exact) mass is 497 g/mol. The fraction of sp³-hybridized carbons (Fsp3) is 0.174. The number of carbonyl (C=O) groups is 1. The predicted molar refractivity (Wildman–Crippen MR) is 129 cm³/mol. The highest BCUT2D eigenvalue weighted by Crippen LogP contribution is 2.21. The molecule has 0 saturated heterocycles. The van der Waals surface area contributed by atoms with E-state index in [1.54, 1.807) is 23.6 Å². The van der Waals surface area contributed by atoms with Crippen molar-refractivity contribution in [3.05, 3.63) is 89.8 Å². The number of amides is 1. The zero-order chi connectivity index (χ0) is 22.3. The molecule has 6 nitrogen and oxygen atoms in total. The van der Waals surface area contributed by atoms with E-state index in [1.807, 2.05) is 45.0 Å². The van der Waals surface area contributed by atoms with E-state index in [9.17, 15) is 14.4 Å². The summed E-state index contributed by atoms with van der Waals surface area (Å²) in [6.45, 7) is 5.54. The molecule has 0 aliphatic rings. The number of thiophene rings is 1. The van der Waals surface area contributed by atoms with E-state index in [4.69, 9.17) is 0 Å². The van der Waals surface area contributed by atoms with Gasteiger partial charge in [0, 0.05) is 10.2 Å². The number of hydrogen-bond donors (Lipinski definition) is 1. The smallest absolute Gasteiger partial charge is 0.325 e. The van der Waals surface area contributed by atoms with Crippen molar-refractivity contribution < 1.29 is 4.79 Å². The molecule has 4 aromatic rings. The van der Waals surface area contributed by atoms with Crippen molar-refractivity contribution in [1.29, 1.82) is 0 Å². The average molecular weight is 498 g/mol. The van der Waals surface area contributed by atoms with E-state index in [-0.39, 0.29) is 18.0 Å². The number of benzene rings is 2. The number of fused-ring (bicyclic) bond motifs is 1. The molecule has 2 aromatic carbocycles. The maximum Gasteiger partial charge on any atom is 0.336 e. The van der Waals surface area contributed by atoms with Crippen molar-refractivity contribution in [2.75, 3.05) is 5.32 Å². The minimum Gasteiger partial charge on any atom is -0.325 e. The summed E-state index contributed by atoms with van der Waals surface area (Å²) in [5.74, 6) is -0.345. The van der Waals surface area contributed by atoms with Crippen LogP contribution in [-0.4, -0.2) is 15.0 Å². The van der Waals surface area contributed by atoms with Crippen LogP contribution in [0.5, 0.6) is 0 Å². The van der Waals surface area contributed by atoms with Crippen LogP contribution in [0.2, 0.25) is 0 Å². The van der Waals surface area contributed by atoms with Gasteiger partial charge < -0.3 is 5.32 Å². The average Bonchev–Trinajstić information content (AvgIpc) is 3.20. The molecule has 0 aliphatic carbocycles. The van der Waals surface area contributed by atoms with E-state index < -0.39 is 5.69 Å². The van der Waals surface area contributed by atoms with Crippen LogP contribution in [-0.2, 0) is 11.3 Å². The standard InChI is InChI=1S/C23H20BrN3O3S/c1-13-4-7-18(15(3)10-13)27-22(29)21-19(8-9-31-21)26(23(27)30)12-20(28)25-16-5-6-17(24)14(2)11-16/h4-11H,12H2,1-3H3,(H,25,28). The number of aromatic nitrogens is 2. The summed E-state index contributed by atoms with van der Waals surface area (Å²) in [5.41, 5.74) is 3.55. The van der Waals surface area contributed by atoms with Gasteiger partial charge in [-0.3, -0.25) is 14.2 Å². The van der Waals surface area contributed by atoms with Crippen LogP contribution in [0.4, 0.5) is 5.69 Å². The summed E-state index contributed by atoms with van der Waals surface area (Å²) in [7, 11) is 0. The van der Waals surface area contributed by atoms with Gasteiger partial charge in [0.05, 0.1) is 11.2 Å². The number of halogens is 1. The Labute approximate surface area is 190 Å². The third kappa shape index (κ3) is 4.00. The summed E-state index contributed by atoms with van der Waals surface area (Å²) in [6.07, 6.45) is 0. The number of rotatable bonds is 4. The Kier molecular flexibility index (Phi) is 5.68. The van der Waals surface area contributed by atoms with Crippen molar-refractivity contribution in [1.82, 2.24) is 9.13 Å². The molecule has 2 aromatic heterocycles. The number of nitrogens with one attached hydrogen (secondary N) is 1. The molecular formula is C23H20BrN3O3S. The van der Waals surface area contributed by atoms with Gasteiger partial charge in [-0.1, -0.05) is 33.6 Å². The molecular weight excluding hydrogens is 478 g/mol. The van der Waals surface area contributed by atoms with Gasteiger partial charge in [0.15, 0.2) is 0 Å². The van der Waals surface area contributed by atoms with Crippen molar-refractivity contribution >= 4 is 49.1 Å². The van der Waals surface area contributed by atoms with Crippen molar-refractivity contribution in [3.8, 4) is 5.69 Å². The van der Waals surface area contributed by atoms with Gasteiger partial charge in [-0.25, -0.2) is 9.36 Å². The second kappa shape index (κ2) is 8.28. The second-order valence-corrected chi connectivity index (χ2v) is 9.22. The number of anilines is 1. The SMILES string of the molecule is Cc1ccc(-n2c(=O)c3sccc3n(CC(=O)Nc3ccc(Br)c(C)c3)c2=O)c(C)c1. The third-order valence-electron chi connectivity index (χ3n) is 5.09. The van der Waals surface area contributed by atoms with Crippen molar-refractivity contribution in [3.63, 3.8) is 0 Å². The molecule has 0 bridgehead atoms. The lowest BCUT2D eigenvalue weighted by atomic mass is 10.1. The summed E-state index contributed by atoms with van der Waals surface area (Å²) < 4.78 is 3.90. The van der Waals surface area contributed by atoms with E-state index in [0.717, 1.165) is 25.7 Å². The Morgan fingerprint density at radius 1 is 1.03 bits per heavy atom. The van der Waals surface area contributed by atoms with E-state index >= 15 is 0 Å². The molecule has 1 N–H and O–H groups in total. The molecule has 8 heteroatoms. The maximum atomic E-state index is 13.4. The molecule has 0 spiro atoms.